The van der Waals surface area contributed by atoms with Crippen LogP contribution in [-0.2, 0) is 11.4 Å². The van der Waals surface area contributed by atoms with E-state index in [1.165, 1.54) is 18.2 Å². The lowest BCUT2D eigenvalue weighted by molar-refractivity contribution is -0.113. The molecule has 3 aromatic rings. The predicted molar refractivity (Wildman–Crippen MR) is 118 cm³/mol. The standard InChI is InChI=1S/C23H15Cl2FN2O3/c24-18-10-15(11-19(25)21(18)31-13-14-5-4-6-16(26)9-14)12-20-22(29)28(23(30)27-20)17-7-2-1-3-8-17/h1-12H,13H2,(H,27,30)/b20-12+. The van der Waals surface area contributed by atoms with Crippen LogP contribution < -0.4 is 15.0 Å². The molecule has 1 aliphatic rings. The van der Waals surface area contributed by atoms with Gasteiger partial charge in [-0.25, -0.2) is 14.1 Å². The molecule has 4 rings (SSSR count). The minimum atomic E-state index is -0.547. The summed E-state index contributed by atoms with van der Waals surface area (Å²) in [5.74, 6) is -0.620. The average molecular weight is 457 g/mol. The lowest BCUT2D eigenvalue weighted by Crippen LogP contribution is -2.30. The molecule has 0 saturated carbocycles. The molecule has 1 fully saturated rings. The first-order chi connectivity index (χ1) is 14.9. The van der Waals surface area contributed by atoms with Gasteiger partial charge in [-0.05, 0) is 53.6 Å². The quantitative estimate of drug-likeness (QED) is 0.389. The molecule has 0 spiro atoms. The molecule has 0 aliphatic carbocycles. The summed E-state index contributed by atoms with van der Waals surface area (Å²) < 4.78 is 19.0. The predicted octanol–water partition coefficient (Wildman–Crippen LogP) is 5.81. The first kappa shape index (κ1) is 20.9. The van der Waals surface area contributed by atoms with Crippen molar-refractivity contribution >= 4 is 46.9 Å². The number of hydrogen-bond donors (Lipinski definition) is 1. The third-order valence-electron chi connectivity index (χ3n) is 4.50. The van der Waals surface area contributed by atoms with Crippen molar-refractivity contribution in [1.29, 1.82) is 0 Å². The maximum atomic E-state index is 13.3. The number of hydrogen-bond acceptors (Lipinski definition) is 3. The largest absolute Gasteiger partial charge is 0.486 e. The van der Waals surface area contributed by atoms with Crippen LogP contribution in [0, 0.1) is 5.82 Å². The van der Waals surface area contributed by atoms with Crippen LogP contribution in [0.25, 0.3) is 6.08 Å². The fourth-order valence-corrected chi connectivity index (χ4v) is 3.71. The Hall–Kier alpha value is -3.35. The van der Waals surface area contributed by atoms with E-state index < -0.39 is 11.9 Å². The number of amides is 3. The fraction of sp³-hybridized carbons (Fsp3) is 0.0435. The van der Waals surface area contributed by atoms with E-state index in [1.54, 1.807) is 54.6 Å². The van der Waals surface area contributed by atoms with Gasteiger partial charge in [0.2, 0.25) is 0 Å². The topological polar surface area (TPSA) is 58.6 Å². The van der Waals surface area contributed by atoms with Crippen LogP contribution in [0.2, 0.25) is 10.0 Å². The molecule has 3 aromatic carbocycles. The number of rotatable bonds is 5. The second-order valence-electron chi connectivity index (χ2n) is 6.70. The average Bonchev–Trinajstić information content (AvgIpc) is 3.01. The van der Waals surface area contributed by atoms with E-state index in [0.29, 0.717) is 16.8 Å². The fourth-order valence-electron chi connectivity index (χ4n) is 3.10. The Morgan fingerprint density at radius 1 is 0.968 bits per heavy atom. The van der Waals surface area contributed by atoms with E-state index in [4.69, 9.17) is 27.9 Å². The van der Waals surface area contributed by atoms with Gasteiger partial charge in [0, 0.05) is 0 Å². The molecule has 3 amide bonds. The molecule has 1 heterocycles. The van der Waals surface area contributed by atoms with Gasteiger partial charge in [-0.15, -0.1) is 0 Å². The van der Waals surface area contributed by atoms with Crippen LogP contribution in [0.3, 0.4) is 0 Å². The zero-order valence-electron chi connectivity index (χ0n) is 15.9. The Morgan fingerprint density at radius 3 is 2.35 bits per heavy atom. The summed E-state index contributed by atoms with van der Waals surface area (Å²) in [7, 11) is 0. The van der Waals surface area contributed by atoms with Crippen LogP contribution >= 0.6 is 23.2 Å². The second-order valence-corrected chi connectivity index (χ2v) is 7.51. The van der Waals surface area contributed by atoms with E-state index in [-0.39, 0.29) is 33.9 Å². The van der Waals surface area contributed by atoms with Crippen molar-refractivity contribution < 1.29 is 18.7 Å². The molecule has 5 nitrogen and oxygen atoms in total. The molecule has 1 aliphatic heterocycles. The molecule has 31 heavy (non-hydrogen) atoms. The summed E-state index contributed by atoms with van der Waals surface area (Å²) in [5, 5.41) is 2.98. The number of halogens is 3. The summed E-state index contributed by atoms with van der Waals surface area (Å²) in [5.41, 5.74) is 1.69. The minimum absolute atomic E-state index is 0.0816. The number of carbonyl (C=O) groups excluding carboxylic acids is 2. The number of nitrogens with one attached hydrogen (secondary N) is 1. The van der Waals surface area contributed by atoms with Crippen LogP contribution in [-0.4, -0.2) is 11.9 Å². The Balaban J connectivity index is 1.55. The first-order valence-corrected chi connectivity index (χ1v) is 9.96. The van der Waals surface area contributed by atoms with E-state index in [1.807, 2.05) is 0 Å². The molecule has 0 bridgehead atoms. The van der Waals surface area contributed by atoms with Crippen molar-refractivity contribution in [3.05, 3.63) is 99.4 Å². The third kappa shape index (κ3) is 4.55. The summed E-state index contributed by atoms with van der Waals surface area (Å²) >= 11 is 12.6. The number of benzene rings is 3. The number of carbonyl (C=O) groups is 2. The van der Waals surface area contributed by atoms with Gasteiger partial charge in [-0.1, -0.05) is 53.5 Å². The summed E-state index contributed by atoms with van der Waals surface area (Å²) in [6, 6.07) is 17.2. The molecule has 0 aromatic heterocycles. The smallest absolute Gasteiger partial charge is 0.333 e. The minimum Gasteiger partial charge on any atom is -0.486 e. The number of ether oxygens (including phenoxy) is 1. The number of imide groups is 1. The second kappa shape index (κ2) is 8.79. The van der Waals surface area contributed by atoms with Crippen molar-refractivity contribution in [1.82, 2.24) is 5.32 Å². The highest BCUT2D eigenvalue weighted by Crippen LogP contribution is 2.35. The molecule has 0 unspecified atom stereocenters. The molecule has 156 valence electrons. The van der Waals surface area contributed by atoms with Gasteiger partial charge < -0.3 is 10.1 Å². The van der Waals surface area contributed by atoms with E-state index >= 15 is 0 Å². The Kier molecular flexibility index (Phi) is 5.93. The van der Waals surface area contributed by atoms with Gasteiger partial charge >= 0.3 is 6.03 Å². The molecule has 0 atom stereocenters. The maximum Gasteiger partial charge on any atom is 0.333 e. The zero-order valence-corrected chi connectivity index (χ0v) is 17.5. The van der Waals surface area contributed by atoms with Crippen molar-refractivity contribution in [2.45, 2.75) is 6.61 Å². The lowest BCUT2D eigenvalue weighted by atomic mass is 10.1. The molecule has 8 heteroatoms. The SMILES string of the molecule is O=C1N/C(=C/c2cc(Cl)c(OCc3cccc(F)c3)c(Cl)c2)C(=O)N1c1ccccc1. The van der Waals surface area contributed by atoms with Crippen molar-refractivity contribution in [2.24, 2.45) is 0 Å². The van der Waals surface area contributed by atoms with Crippen molar-refractivity contribution in [3.8, 4) is 5.75 Å². The Morgan fingerprint density at radius 2 is 1.68 bits per heavy atom. The molecule has 1 saturated heterocycles. The summed E-state index contributed by atoms with van der Waals surface area (Å²) in [6.07, 6.45) is 1.48. The van der Waals surface area contributed by atoms with Crippen LogP contribution in [0.5, 0.6) is 5.75 Å². The van der Waals surface area contributed by atoms with Gasteiger partial charge in [0.1, 0.15) is 18.1 Å². The number of nitrogens with zero attached hydrogens (tertiary/aromatic N) is 1. The lowest BCUT2D eigenvalue weighted by Gasteiger charge is -2.11. The zero-order chi connectivity index (χ0) is 22.0. The monoisotopic (exact) mass is 456 g/mol. The molecular weight excluding hydrogens is 442 g/mol. The summed E-state index contributed by atoms with van der Waals surface area (Å²) in [6.45, 7) is 0.0816. The Labute approximate surface area is 187 Å². The van der Waals surface area contributed by atoms with Crippen LogP contribution in [0.15, 0.2) is 72.4 Å². The van der Waals surface area contributed by atoms with Crippen molar-refractivity contribution in [3.63, 3.8) is 0 Å². The van der Waals surface area contributed by atoms with Gasteiger partial charge in [-0.3, -0.25) is 4.79 Å². The van der Waals surface area contributed by atoms with Crippen LogP contribution in [0.1, 0.15) is 11.1 Å². The highest BCUT2D eigenvalue weighted by molar-refractivity contribution is 6.37. The van der Waals surface area contributed by atoms with E-state index in [9.17, 15) is 14.0 Å². The third-order valence-corrected chi connectivity index (χ3v) is 5.06. The highest BCUT2D eigenvalue weighted by atomic mass is 35.5. The molecular formula is C23H15Cl2FN2O3. The van der Waals surface area contributed by atoms with Gasteiger partial charge in [0.15, 0.2) is 5.75 Å². The normalized spacial score (nSPS) is 14.8. The number of anilines is 1. The van der Waals surface area contributed by atoms with Gasteiger partial charge in [0.05, 0.1) is 15.7 Å². The first-order valence-electron chi connectivity index (χ1n) is 9.21. The number of para-hydroxylation sites is 1. The summed E-state index contributed by atoms with van der Waals surface area (Å²) in [4.78, 5) is 26.0. The van der Waals surface area contributed by atoms with Crippen LogP contribution in [0.4, 0.5) is 14.9 Å². The van der Waals surface area contributed by atoms with Gasteiger partial charge in [0.25, 0.3) is 5.91 Å². The highest BCUT2D eigenvalue weighted by Gasteiger charge is 2.34. The maximum absolute atomic E-state index is 13.3. The molecule has 1 N–H and O–H groups in total. The van der Waals surface area contributed by atoms with E-state index in [2.05, 4.69) is 5.32 Å². The molecule has 0 radical (unpaired) electrons. The Bertz CT molecular complexity index is 1180. The van der Waals surface area contributed by atoms with Crippen molar-refractivity contribution in [2.75, 3.05) is 4.90 Å². The van der Waals surface area contributed by atoms with Gasteiger partial charge in [-0.2, -0.15) is 0 Å². The number of urea groups is 1. The van der Waals surface area contributed by atoms with E-state index in [0.717, 1.165) is 4.90 Å².